The molecule has 1 fully saturated rings. The van der Waals surface area contributed by atoms with Gasteiger partial charge in [-0.25, -0.2) is 0 Å². The van der Waals surface area contributed by atoms with E-state index in [1.54, 1.807) is 12.1 Å². The molecule has 1 atom stereocenters. The smallest absolute Gasteiger partial charge is 0.272 e. The Hall–Kier alpha value is -2.08. The zero-order valence-corrected chi connectivity index (χ0v) is 10.5. The molecule has 4 N–H and O–H groups in total. The molecule has 1 aliphatic heterocycles. The molecular formula is C13H16N4O2. The Bertz CT molecular complexity index is 602. The van der Waals surface area contributed by atoms with Crippen LogP contribution in [0.15, 0.2) is 18.2 Å². The number of amides is 1. The van der Waals surface area contributed by atoms with E-state index in [4.69, 9.17) is 10.5 Å². The molecule has 0 radical (unpaired) electrons. The van der Waals surface area contributed by atoms with E-state index in [1.165, 1.54) is 0 Å². The molecule has 0 saturated carbocycles. The summed E-state index contributed by atoms with van der Waals surface area (Å²) in [6.07, 6.45) is 2.18. The van der Waals surface area contributed by atoms with E-state index in [1.807, 2.05) is 6.07 Å². The summed E-state index contributed by atoms with van der Waals surface area (Å²) in [6, 6.07) is 5.34. The highest BCUT2D eigenvalue weighted by Gasteiger charge is 2.19. The SMILES string of the molecule is Nc1ccc2[nH]nc(C(=O)NCC3CCCO3)c2c1. The quantitative estimate of drug-likeness (QED) is 0.719. The Kier molecular flexibility index (Phi) is 3.08. The molecular weight excluding hydrogens is 244 g/mol. The monoisotopic (exact) mass is 260 g/mol. The summed E-state index contributed by atoms with van der Waals surface area (Å²) in [7, 11) is 0. The van der Waals surface area contributed by atoms with E-state index in [0.29, 0.717) is 17.9 Å². The maximum atomic E-state index is 12.1. The first-order valence-electron chi connectivity index (χ1n) is 6.37. The summed E-state index contributed by atoms with van der Waals surface area (Å²) in [4.78, 5) is 12.1. The van der Waals surface area contributed by atoms with Gasteiger partial charge in [0.15, 0.2) is 5.69 Å². The maximum Gasteiger partial charge on any atom is 0.272 e. The molecule has 100 valence electrons. The molecule has 2 aromatic rings. The van der Waals surface area contributed by atoms with Gasteiger partial charge >= 0.3 is 0 Å². The summed E-state index contributed by atoms with van der Waals surface area (Å²) in [5.74, 6) is -0.202. The van der Waals surface area contributed by atoms with Crippen LogP contribution in [-0.4, -0.2) is 35.4 Å². The lowest BCUT2D eigenvalue weighted by Gasteiger charge is -2.09. The van der Waals surface area contributed by atoms with Gasteiger partial charge in [0.1, 0.15) is 0 Å². The molecule has 1 saturated heterocycles. The summed E-state index contributed by atoms with van der Waals surface area (Å²) in [5, 5.41) is 10.5. The highest BCUT2D eigenvalue weighted by atomic mass is 16.5. The Labute approximate surface area is 110 Å². The standard InChI is InChI=1S/C13H16N4O2/c14-8-3-4-11-10(6-8)12(17-16-11)13(18)15-7-9-2-1-5-19-9/h3-4,6,9H,1-2,5,7,14H2,(H,15,18)(H,16,17). The normalized spacial score (nSPS) is 18.8. The second-order valence-corrected chi connectivity index (χ2v) is 4.72. The number of nitrogen functional groups attached to an aromatic ring is 1. The van der Waals surface area contributed by atoms with Crippen LogP contribution in [0.2, 0.25) is 0 Å². The predicted octanol–water partition coefficient (Wildman–Crippen LogP) is 1.05. The van der Waals surface area contributed by atoms with E-state index in [2.05, 4.69) is 15.5 Å². The number of hydrogen-bond acceptors (Lipinski definition) is 4. The number of benzene rings is 1. The molecule has 3 rings (SSSR count). The number of aromatic nitrogens is 2. The molecule has 1 amide bonds. The van der Waals surface area contributed by atoms with Crippen molar-refractivity contribution in [2.45, 2.75) is 18.9 Å². The van der Waals surface area contributed by atoms with Gasteiger partial charge in [-0.2, -0.15) is 5.10 Å². The number of H-pyrrole nitrogens is 1. The van der Waals surface area contributed by atoms with Crippen LogP contribution >= 0.6 is 0 Å². The highest BCUT2D eigenvalue weighted by Crippen LogP contribution is 2.19. The van der Waals surface area contributed by atoms with Gasteiger partial charge in [-0.1, -0.05) is 0 Å². The number of carbonyl (C=O) groups excluding carboxylic acids is 1. The van der Waals surface area contributed by atoms with Crippen LogP contribution in [0, 0.1) is 0 Å². The first-order chi connectivity index (χ1) is 9.24. The molecule has 1 aromatic heterocycles. The molecule has 2 heterocycles. The molecule has 0 bridgehead atoms. The third-order valence-corrected chi connectivity index (χ3v) is 3.32. The van der Waals surface area contributed by atoms with Crippen molar-refractivity contribution in [1.29, 1.82) is 0 Å². The van der Waals surface area contributed by atoms with Crippen LogP contribution in [0.4, 0.5) is 5.69 Å². The van der Waals surface area contributed by atoms with Gasteiger partial charge < -0.3 is 15.8 Å². The molecule has 6 nitrogen and oxygen atoms in total. The van der Waals surface area contributed by atoms with Crippen molar-refractivity contribution in [3.8, 4) is 0 Å². The van der Waals surface area contributed by atoms with Gasteiger partial charge in [-0.15, -0.1) is 0 Å². The molecule has 0 spiro atoms. The largest absolute Gasteiger partial charge is 0.399 e. The van der Waals surface area contributed by atoms with Crippen LogP contribution in [0.25, 0.3) is 10.9 Å². The van der Waals surface area contributed by atoms with Gasteiger partial charge in [0, 0.05) is 24.2 Å². The Morgan fingerprint density at radius 1 is 1.58 bits per heavy atom. The minimum atomic E-state index is -0.202. The number of ether oxygens (including phenoxy) is 1. The number of aromatic amines is 1. The van der Waals surface area contributed by atoms with Gasteiger partial charge in [0.2, 0.25) is 0 Å². The van der Waals surface area contributed by atoms with Crippen molar-refractivity contribution in [1.82, 2.24) is 15.5 Å². The van der Waals surface area contributed by atoms with Crippen LogP contribution in [0.1, 0.15) is 23.3 Å². The lowest BCUT2D eigenvalue weighted by atomic mass is 10.2. The van der Waals surface area contributed by atoms with Crippen molar-refractivity contribution in [3.63, 3.8) is 0 Å². The van der Waals surface area contributed by atoms with Crippen LogP contribution in [-0.2, 0) is 4.74 Å². The van der Waals surface area contributed by atoms with Crippen molar-refractivity contribution in [2.24, 2.45) is 0 Å². The number of carbonyl (C=O) groups is 1. The van der Waals surface area contributed by atoms with E-state index >= 15 is 0 Å². The fraction of sp³-hybridized carbons (Fsp3) is 0.385. The summed E-state index contributed by atoms with van der Waals surface area (Å²) in [6.45, 7) is 1.30. The number of fused-ring (bicyclic) bond motifs is 1. The summed E-state index contributed by atoms with van der Waals surface area (Å²) < 4.78 is 5.46. The predicted molar refractivity (Wildman–Crippen MR) is 71.8 cm³/mol. The molecule has 0 aliphatic carbocycles. The van der Waals surface area contributed by atoms with Crippen molar-refractivity contribution < 1.29 is 9.53 Å². The number of anilines is 1. The lowest BCUT2D eigenvalue weighted by molar-refractivity contribution is 0.0855. The summed E-state index contributed by atoms with van der Waals surface area (Å²) in [5.41, 5.74) is 7.52. The van der Waals surface area contributed by atoms with Crippen molar-refractivity contribution in [3.05, 3.63) is 23.9 Å². The first-order valence-corrected chi connectivity index (χ1v) is 6.37. The fourth-order valence-corrected chi connectivity index (χ4v) is 2.30. The van der Waals surface area contributed by atoms with Gasteiger partial charge in [0.25, 0.3) is 5.91 Å². The second kappa shape index (κ2) is 4.89. The minimum absolute atomic E-state index is 0.124. The molecule has 1 aromatic carbocycles. The minimum Gasteiger partial charge on any atom is -0.399 e. The topological polar surface area (TPSA) is 93.0 Å². The third kappa shape index (κ3) is 2.39. The lowest BCUT2D eigenvalue weighted by Crippen LogP contribution is -2.32. The van der Waals surface area contributed by atoms with Crippen molar-refractivity contribution >= 4 is 22.5 Å². The van der Waals surface area contributed by atoms with Crippen LogP contribution < -0.4 is 11.1 Å². The number of hydrogen-bond donors (Lipinski definition) is 3. The van der Waals surface area contributed by atoms with Gasteiger partial charge in [0.05, 0.1) is 11.6 Å². The third-order valence-electron chi connectivity index (χ3n) is 3.32. The average Bonchev–Trinajstić information content (AvgIpc) is 3.04. The Balaban J connectivity index is 1.75. The molecule has 6 heteroatoms. The van der Waals surface area contributed by atoms with Crippen molar-refractivity contribution in [2.75, 3.05) is 18.9 Å². The number of nitrogens with one attached hydrogen (secondary N) is 2. The summed E-state index contributed by atoms with van der Waals surface area (Å²) >= 11 is 0. The maximum absolute atomic E-state index is 12.1. The van der Waals surface area contributed by atoms with Gasteiger partial charge in [-0.3, -0.25) is 9.89 Å². The van der Waals surface area contributed by atoms with E-state index in [-0.39, 0.29) is 12.0 Å². The Morgan fingerprint density at radius 3 is 3.26 bits per heavy atom. The van der Waals surface area contributed by atoms with E-state index in [9.17, 15) is 4.79 Å². The van der Waals surface area contributed by atoms with Crippen LogP contribution in [0.5, 0.6) is 0 Å². The zero-order valence-electron chi connectivity index (χ0n) is 10.5. The first kappa shape index (κ1) is 12.0. The average molecular weight is 260 g/mol. The molecule has 1 unspecified atom stereocenters. The number of nitrogens with two attached hydrogens (primary N) is 1. The Morgan fingerprint density at radius 2 is 2.47 bits per heavy atom. The molecule has 19 heavy (non-hydrogen) atoms. The number of nitrogens with zero attached hydrogens (tertiary/aromatic N) is 1. The van der Waals surface area contributed by atoms with Crippen LogP contribution in [0.3, 0.4) is 0 Å². The van der Waals surface area contributed by atoms with E-state index < -0.39 is 0 Å². The number of rotatable bonds is 3. The van der Waals surface area contributed by atoms with Gasteiger partial charge in [-0.05, 0) is 31.0 Å². The molecule has 1 aliphatic rings. The van der Waals surface area contributed by atoms with E-state index in [0.717, 1.165) is 30.4 Å². The highest BCUT2D eigenvalue weighted by molar-refractivity contribution is 6.05. The zero-order chi connectivity index (χ0) is 13.2. The fourth-order valence-electron chi connectivity index (χ4n) is 2.30. The second-order valence-electron chi connectivity index (χ2n) is 4.72.